The quantitative estimate of drug-likeness (QED) is 0.148. The molecule has 1 aliphatic rings. The Hall–Kier alpha value is -1.94. The van der Waals surface area contributed by atoms with Gasteiger partial charge < -0.3 is 9.84 Å². The number of ether oxygens (including phenoxy) is 1. The molecule has 0 saturated carbocycles. The van der Waals surface area contributed by atoms with Crippen LogP contribution < -0.4 is 0 Å². The zero-order chi connectivity index (χ0) is 26.8. The van der Waals surface area contributed by atoms with Gasteiger partial charge in [0.1, 0.15) is 0 Å². The fourth-order valence-corrected chi connectivity index (χ4v) is 6.27. The van der Waals surface area contributed by atoms with Gasteiger partial charge >= 0.3 is 0 Å². The van der Waals surface area contributed by atoms with Gasteiger partial charge in [-0.25, -0.2) is 0 Å². The van der Waals surface area contributed by atoms with Gasteiger partial charge in [0.15, 0.2) is 0 Å². The van der Waals surface area contributed by atoms with E-state index in [1.807, 2.05) is 6.08 Å². The zero-order valence-corrected chi connectivity index (χ0v) is 24.0. The lowest BCUT2D eigenvalue weighted by Gasteiger charge is -2.49. The van der Waals surface area contributed by atoms with E-state index in [1.54, 1.807) is 0 Å². The van der Waals surface area contributed by atoms with E-state index in [0.29, 0.717) is 12.6 Å². The fourth-order valence-electron chi connectivity index (χ4n) is 6.27. The van der Waals surface area contributed by atoms with Gasteiger partial charge in [-0.15, -0.1) is 6.58 Å². The first-order valence-corrected chi connectivity index (χ1v) is 15.5. The number of rotatable bonds is 19. The highest BCUT2D eigenvalue weighted by Crippen LogP contribution is 2.38. The molecular weight excluding hydrogens is 466 g/mol. The van der Waals surface area contributed by atoms with Crippen molar-refractivity contribution < 1.29 is 9.84 Å². The molecule has 0 unspecified atom stereocenters. The summed E-state index contributed by atoms with van der Waals surface area (Å²) in [6.45, 7) is 7.15. The van der Waals surface area contributed by atoms with E-state index in [9.17, 15) is 5.11 Å². The van der Waals surface area contributed by atoms with E-state index in [-0.39, 0.29) is 24.8 Å². The van der Waals surface area contributed by atoms with Crippen LogP contribution in [0.2, 0.25) is 0 Å². The number of nitrogens with zero attached hydrogens (tertiary/aromatic N) is 1. The van der Waals surface area contributed by atoms with Crippen molar-refractivity contribution in [1.29, 1.82) is 0 Å². The van der Waals surface area contributed by atoms with E-state index < -0.39 is 0 Å². The molecule has 1 fully saturated rings. The number of aliphatic hydroxyl groups is 1. The molecule has 1 heterocycles. The standard InChI is InChI=1S/C35H53NO2/c1-3-5-6-7-8-9-10-11-12-19-25-32-26-27-35(38-29-30-21-15-13-16-22-30)33(20-4-2)36(32)34(28-37)31-23-17-14-18-24-31/h4,13-18,21-24,32-35,37H,2-3,5-12,19-20,25-29H2,1H3/t32-,33-,34+,35+/m0/s1. The van der Waals surface area contributed by atoms with Gasteiger partial charge in [-0.1, -0.05) is 138 Å². The third-order valence-corrected chi connectivity index (χ3v) is 8.34. The summed E-state index contributed by atoms with van der Waals surface area (Å²) in [7, 11) is 0. The number of unbranched alkanes of at least 4 members (excludes halogenated alkanes) is 9. The molecule has 0 amide bonds. The van der Waals surface area contributed by atoms with Crippen molar-refractivity contribution >= 4 is 0 Å². The first-order valence-electron chi connectivity index (χ1n) is 15.5. The molecule has 1 aliphatic heterocycles. The fraction of sp³-hybridized carbons (Fsp3) is 0.600. The van der Waals surface area contributed by atoms with Crippen LogP contribution in [-0.4, -0.2) is 34.8 Å². The van der Waals surface area contributed by atoms with Gasteiger partial charge in [-0.3, -0.25) is 4.90 Å². The second kappa shape index (κ2) is 18.4. The maximum atomic E-state index is 10.7. The Morgan fingerprint density at radius 3 is 2.08 bits per heavy atom. The largest absolute Gasteiger partial charge is 0.394 e. The van der Waals surface area contributed by atoms with Crippen molar-refractivity contribution in [3.05, 3.63) is 84.4 Å². The van der Waals surface area contributed by atoms with Gasteiger partial charge in [0.2, 0.25) is 0 Å². The predicted molar refractivity (Wildman–Crippen MR) is 161 cm³/mol. The van der Waals surface area contributed by atoms with Crippen LogP contribution in [0.3, 0.4) is 0 Å². The summed E-state index contributed by atoms with van der Waals surface area (Å²) in [6.07, 6.45) is 20.0. The van der Waals surface area contributed by atoms with E-state index in [4.69, 9.17) is 4.74 Å². The van der Waals surface area contributed by atoms with Gasteiger partial charge in [0, 0.05) is 12.1 Å². The van der Waals surface area contributed by atoms with Crippen molar-refractivity contribution in [2.75, 3.05) is 6.61 Å². The third kappa shape index (κ3) is 9.98. The highest BCUT2D eigenvalue weighted by atomic mass is 16.5. The first kappa shape index (κ1) is 30.6. The number of piperidine rings is 1. The van der Waals surface area contributed by atoms with E-state index >= 15 is 0 Å². The molecule has 0 aliphatic carbocycles. The minimum absolute atomic E-state index is 0.0163. The van der Waals surface area contributed by atoms with Crippen molar-refractivity contribution in [2.24, 2.45) is 0 Å². The maximum Gasteiger partial charge on any atom is 0.0738 e. The first-order chi connectivity index (χ1) is 18.8. The minimum Gasteiger partial charge on any atom is -0.394 e. The van der Waals surface area contributed by atoms with Gasteiger partial charge in [-0.2, -0.15) is 0 Å². The normalized spacial score (nSPS) is 20.8. The summed E-state index contributed by atoms with van der Waals surface area (Å²) < 4.78 is 6.58. The third-order valence-electron chi connectivity index (χ3n) is 8.34. The number of likely N-dealkylation sites (tertiary alicyclic amines) is 1. The molecule has 3 rings (SSSR count). The molecule has 0 bridgehead atoms. The van der Waals surface area contributed by atoms with Crippen molar-refractivity contribution in [3.63, 3.8) is 0 Å². The van der Waals surface area contributed by atoms with Crippen molar-refractivity contribution in [2.45, 2.75) is 128 Å². The molecule has 3 nitrogen and oxygen atoms in total. The van der Waals surface area contributed by atoms with Gasteiger partial charge in [0.05, 0.1) is 25.4 Å². The Kier molecular flexibility index (Phi) is 14.8. The Balaban J connectivity index is 1.62. The molecule has 210 valence electrons. The molecule has 4 atom stereocenters. The number of hydrogen-bond acceptors (Lipinski definition) is 3. The van der Waals surface area contributed by atoms with Crippen LogP contribution in [0.25, 0.3) is 0 Å². The average Bonchev–Trinajstić information content (AvgIpc) is 2.96. The van der Waals surface area contributed by atoms with Crippen LogP contribution in [-0.2, 0) is 11.3 Å². The Morgan fingerprint density at radius 2 is 1.47 bits per heavy atom. The van der Waals surface area contributed by atoms with Crippen molar-refractivity contribution in [3.8, 4) is 0 Å². The van der Waals surface area contributed by atoms with Crippen LogP contribution in [0.4, 0.5) is 0 Å². The monoisotopic (exact) mass is 519 g/mol. The molecule has 3 heteroatoms. The molecule has 0 aromatic heterocycles. The summed E-state index contributed by atoms with van der Waals surface area (Å²) >= 11 is 0. The highest BCUT2D eigenvalue weighted by molar-refractivity contribution is 5.20. The molecular formula is C35H53NO2. The average molecular weight is 520 g/mol. The molecule has 1 saturated heterocycles. The van der Waals surface area contributed by atoms with Crippen LogP contribution in [0, 0.1) is 0 Å². The van der Waals surface area contributed by atoms with Crippen LogP contribution in [0.5, 0.6) is 0 Å². The molecule has 2 aromatic carbocycles. The van der Waals surface area contributed by atoms with Gasteiger partial charge in [0.25, 0.3) is 0 Å². The van der Waals surface area contributed by atoms with Gasteiger partial charge in [-0.05, 0) is 36.8 Å². The second-order valence-electron chi connectivity index (χ2n) is 11.2. The molecule has 0 radical (unpaired) electrons. The number of benzene rings is 2. The number of aliphatic hydroxyl groups excluding tert-OH is 1. The Bertz CT molecular complexity index is 855. The summed E-state index contributed by atoms with van der Waals surface area (Å²) in [4.78, 5) is 2.61. The summed E-state index contributed by atoms with van der Waals surface area (Å²) in [5.41, 5.74) is 2.41. The lowest BCUT2D eigenvalue weighted by atomic mass is 9.85. The van der Waals surface area contributed by atoms with E-state index in [1.165, 1.54) is 81.8 Å². The van der Waals surface area contributed by atoms with Crippen LogP contribution in [0.1, 0.15) is 114 Å². The smallest absolute Gasteiger partial charge is 0.0738 e. The summed E-state index contributed by atoms with van der Waals surface area (Å²) in [6, 6.07) is 21.7. The number of hydrogen-bond donors (Lipinski definition) is 1. The summed E-state index contributed by atoms with van der Waals surface area (Å²) in [5.74, 6) is 0. The predicted octanol–water partition coefficient (Wildman–Crippen LogP) is 9.03. The lowest BCUT2D eigenvalue weighted by molar-refractivity contribution is -0.0951. The summed E-state index contributed by atoms with van der Waals surface area (Å²) in [5, 5.41) is 10.7. The SMILES string of the molecule is C=CC[C@H]1[C@H](OCc2ccccc2)CC[C@H](CCCCCCCCCCCC)N1[C@H](CO)c1ccccc1. The zero-order valence-electron chi connectivity index (χ0n) is 24.0. The second-order valence-corrected chi connectivity index (χ2v) is 11.2. The topological polar surface area (TPSA) is 32.7 Å². The molecule has 0 spiro atoms. The van der Waals surface area contributed by atoms with E-state index in [2.05, 4.69) is 79.1 Å². The molecule has 38 heavy (non-hydrogen) atoms. The minimum atomic E-state index is -0.0163. The van der Waals surface area contributed by atoms with Crippen LogP contribution >= 0.6 is 0 Å². The maximum absolute atomic E-state index is 10.7. The van der Waals surface area contributed by atoms with E-state index in [0.717, 1.165) is 19.3 Å². The van der Waals surface area contributed by atoms with Crippen LogP contribution in [0.15, 0.2) is 73.3 Å². The molecule has 1 N–H and O–H groups in total. The Labute approximate surface area is 233 Å². The molecule has 2 aromatic rings. The Morgan fingerprint density at radius 1 is 0.868 bits per heavy atom. The highest BCUT2D eigenvalue weighted by Gasteiger charge is 2.40. The lowest BCUT2D eigenvalue weighted by Crippen LogP contribution is -2.56. The van der Waals surface area contributed by atoms with Crippen molar-refractivity contribution in [1.82, 2.24) is 4.90 Å².